The maximum absolute atomic E-state index is 2.22. The highest BCUT2D eigenvalue weighted by Crippen LogP contribution is 2.30. The van der Waals surface area contributed by atoms with Crippen molar-refractivity contribution >= 4 is 22.7 Å². The Morgan fingerprint density at radius 3 is 0.750 bits per heavy atom. The van der Waals surface area contributed by atoms with E-state index in [0.717, 1.165) is 0 Å². The average Bonchev–Trinajstić information content (AvgIpc) is 2.84. The van der Waals surface area contributed by atoms with E-state index in [-0.39, 0.29) is 0 Å². The van der Waals surface area contributed by atoms with Crippen LogP contribution < -0.4 is 14.7 Å². The minimum atomic E-state index is 1.17. The van der Waals surface area contributed by atoms with Gasteiger partial charge < -0.3 is 14.7 Å². The Labute approximate surface area is 192 Å². The van der Waals surface area contributed by atoms with E-state index < -0.39 is 0 Å². The van der Waals surface area contributed by atoms with Gasteiger partial charge in [-0.15, -0.1) is 0 Å². The molecule has 0 radical (unpaired) electrons. The zero-order chi connectivity index (χ0) is 22.7. The Balaban J connectivity index is 1.48. The van der Waals surface area contributed by atoms with Crippen LogP contribution in [0, 0.1) is 0 Å². The first-order chi connectivity index (χ1) is 15.4. The highest BCUT2D eigenvalue weighted by molar-refractivity contribution is 5.73. The van der Waals surface area contributed by atoms with Crippen molar-refractivity contribution in [3.8, 4) is 22.3 Å². The molecule has 0 aliphatic heterocycles. The van der Waals surface area contributed by atoms with Crippen LogP contribution in [0.2, 0.25) is 0 Å². The Morgan fingerprint density at radius 1 is 0.312 bits per heavy atom. The fourth-order valence-electron chi connectivity index (χ4n) is 3.81. The molecule has 3 heteroatoms. The van der Waals surface area contributed by atoms with Crippen LogP contribution in [0.3, 0.4) is 0 Å². The fourth-order valence-corrected chi connectivity index (χ4v) is 3.81. The van der Waals surface area contributed by atoms with E-state index in [4.69, 9.17) is 0 Å². The number of hydrogen-bond acceptors (Lipinski definition) is 3. The lowest BCUT2D eigenvalue weighted by Crippen LogP contribution is -2.09. The van der Waals surface area contributed by atoms with E-state index >= 15 is 0 Å². The molecule has 0 heterocycles. The first-order valence-corrected chi connectivity index (χ1v) is 10.9. The van der Waals surface area contributed by atoms with Crippen molar-refractivity contribution in [1.29, 1.82) is 0 Å². The van der Waals surface area contributed by atoms with Crippen LogP contribution in [0.25, 0.3) is 22.3 Å². The Bertz CT molecular complexity index is 1050. The van der Waals surface area contributed by atoms with Gasteiger partial charge in [-0.3, -0.25) is 0 Å². The molecule has 0 saturated carbocycles. The second-order valence-electron chi connectivity index (χ2n) is 8.54. The van der Waals surface area contributed by atoms with Gasteiger partial charge in [0.15, 0.2) is 0 Å². The van der Waals surface area contributed by atoms with E-state index in [2.05, 4.69) is 147 Å². The fraction of sp³-hybridized carbons (Fsp3) is 0.172. The molecule has 0 N–H and O–H groups in total. The average molecular weight is 422 g/mol. The zero-order valence-electron chi connectivity index (χ0n) is 19.6. The lowest BCUT2D eigenvalue weighted by Gasteiger charge is -2.20. The maximum atomic E-state index is 2.22. The van der Waals surface area contributed by atoms with Crippen LogP contribution in [0.4, 0.5) is 22.7 Å². The molecule has 0 spiro atoms. The molecule has 0 amide bonds. The number of benzene rings is 4. The SMILES string of the molecule is CN(C)c1ccc(-c2ccc(N(C)c3ccc(-c4ccc(N(C)C)cc4)cc3)cc2)cc1. The topological polar surface area (TPSA) is 9.72 Å². The Morgan fingerprint density at radius 2 is 0.531 bits per heavy atom. The summed E-state index contributed by atoms with van der Waals surface area (Å²) in [5.41, 5.74) is 9.67. The van der Waals surface area contributed by atoms with Gasteiger partial charge in [0, 0.05) is 58.0 Å². The van der Waals surface area contributed by atoms with Crippen LogP contribution in [-0.2, 0) is 0 Å². The van der Waals surface area contributed by atoms with Crippen molar-refractivity contribution in [3.05, 3.63) is 97.1 Å². The third-order valence-electron chi connectivity index (χ3n) is 5.94. The van der Waals surface area contributed by atoms with Crippen LogP contribution in [-0.4, -0.2) is 35.2 Å². The predicted molar refractivity (Wildman–Crippen MR) is 140 cm³/mol. The molecule has 0 aliphatic carbocycles. The van der Waals surface area contributed by atoms with Crippen molar-refractivity contribution in [2.24, 2.45) is 0 Å². The van der Waals surface area contributed by atoms with Gasteiger partial charge in [-0.1, -0.05) is 48.5 Å². The van der Waals surface area contributed by atoms with Gasteiger partial charge in [0.2, 0.25) is 0 Å². The second-order valence-corrected chi connectivity index (χ2v) is 8.54. The summed E-state index contributed by atoms with van der Waals surface area (Å²) in [6.45, 7) is 0. The lowest BCUT2D eigenvalue weighted by atomic mass is 10.0. The third kappa shape index (κ3) is 4.62. The number of rotatable bonds is 6. The first-order valence-electron chi connectivity index (χ1n) is 10.9. The lowest BCUT2D eigenvalue weighted by molar-refractivity contribution is 1.13. The molecule has 0 unspecified atom stereocenters. The van der Waals surface area contributed by atoms with Crippen LogP contribution in [0.5, 0.6) is 0 Å². The summed E-state index contributed by atoms with van der Waals surface area (Å²) in [6.07, 6.45) is 0. The normalized spacial score (nSPS) is 10.7. The van der Waals surface area contributed by atoms with Gasteiger partial charge in [-0.25, -0.2) is 0 Å². The molecule has 4 rings (SSSR count). The highest BCUT2D eigenvalue weighted by Gasteiger charge is 2.07. The van der Waals surface area contributed by atoms with Crippen molar-refractivity contribution in [2.45, 2.75) is 0 Å². The number of hydrogen-bond donors (Lipinski definition) is 0. The molecule has 0 fully saturated rings. The standard InChI is InChI=1S/C29H31N3/c1-30(2)26-14-6-22(7-15-26)24-10-18-28(19-11-24)32(5)29-20-12-25(13-21-29)23-8-16-27(17-9-23)31(3)4/h6-21H,1-5H3. The largest absolute Gasteiger partial charge is 0.378 e. The molecular formula is C29H31N3. The second kappa shape index (κ2) is 9.19. The summed E-state index contributed by atoms with van der Waals surface area (Å²) < 4.78 is 0. The van der Waals surface area contributed by atoms with Crippen molar-refractivity contribution < 1.29 is 0 Å². The van der Waals surface area contributed by atoms with E-state index in [1.165, 1.54) is 45.0 Å². The molecule has 3 nitrogen and oxygen atoms in total. The molecule has 4 aromatic rings. The van der Waals surface area contributed by atoms with Gasteiger partial charge in [0.1, 0.15) is 0 Å². The minimum absolute atomic E-state index is 1.17. The molecule has 0 atom stereocenters. The van der Waals surface area contributed by atoms with Crippen LogP contribution >= 0.6 is 0 Å². The first kappa shape index (κ1) is 21.5. The molecular weight excluding hydrogens is 390 g/mol. The summed E-state index contributed by atoms with van der Waals surface area (Å²) in [7, 11) is 10.4. The van der Waals surface area contributed by atoms with Crippen molar-refractivity contribution in [3.63, 3.8) is 0 Å². The summed E-state index contributed by atoms with van der Waals surface area (Å²) in [5.74, 6) is 0. The van der Waals surface area contributed by atoms with Gasteiger partial charge in [-0.05, 0) is 70.8 Å². The van der Waals surface area contributed by atoms with Crippen LogP contribution in [0.15, 0.2) is 97.1 Å². The predicted octanol–water partition coefficient (Wildman–Crippen LogP) is 6.92. The smallest absolute Gasteiger partial charge is 0.0408 e. The molecule has 4 aromatic carbocycles. The Hall–Kier alpha value is -3.72. The number of anilines is 4. The van der Waals surface area contributed by atoms with E-state index in [9.17, 15) is 0 Å². The van der Waals surface area contributed by atoms with Gasteiger partial charge >= 0.3 is 0 Å². The molecule has 0 bridgehead atoms. The van der Waals surface area contributed by atoms with Crippen LogP contribution in [0.1, 0.15) is 0 Å². The molecule has 32 heavy (non-hydrogen) atoms. The zero-order valence-corrected chi connectivity index (χ0v) is 19.6. The van der Waals surface area contributed by atoms with Gasteiger partial charge in [0.05, 0.1) is 0 Å². The molecule has 162 valence electrons. The number of nitrogens with zero attached hydrogens (tertiary/aromatic N) is 3. The Kier molecular flexibility index (Phi) is 6.18. The minimum Gasteiger partial charge on any atom is -0.378 e. The van der Waals surface area contributed by atoms with Gasteiger partial charge in [-0.2, -0.15) is 0 Å². The van der Waals surface area contributed by atoms with Crippen molar-refractivity contribution in [2.75, 3.05) is 49.9 Å². The summed E-state index contributed by atoms with van der Waals surface area (Å²) in [6, 6.07) is 34.8. The molecule has 0 aromatic heterocycles. The molecule has 0 saturated heterocycles. The summed E-state index contributed by atoms with van der Waals surface area (Å²) in [4.78, 5) is 6.45. The van der Waals surface area contributed by atoms with Crippen molar-refractivity contribution in [1.82, 2.24) is 0 Å². The van der Waals surface area contributed by atoms with Gasteiger partial charge in [0.25, 0.3) is 0 Å². The maximum Gasteiger partial charge on any atom is 0.0408 e. The van der Waals surface area contributed by atoms with E-state index in [1.807, 2.05) is 0 Å². The monoisotopic (exact) mass is 421 g/mol. The summed E-state index contributed by atoms with van der Waals surface area (Å²) in [5, 5.41) is 0. The highest BCUT2D eigenvalue weighted by atomic mass is 15.1. The van der Waals surface area contributed by atoms with E-state index in [0.29, 0.717) is 0 Å². The van der Waals surface area contributed by atoms with E-state index in [1.54, 1.807) is 0 Å². The quantitative estimate of drug-likeness (QED) is 0.334. The molecule has 0 aliphatic rings. The third-order valence-corrected chi connectivity index (χ3v) is 5.94. The summed E-state index contributed by atoms with van der Waals surface area (Å²) >= 11 is 0.